The molecule has 0 bridgehead atoms. The van der Waals surface area contributed by atoms with Crippen LogP contribution in [0.1, 0.15) is 5.56 Å². The molecule has 0 aliphatic rings. The molecule has 0 aromatic heterocycles. The lowest BCUT2D eigenvalue weighted by atomic mass is 10.2. The summed E-state index contributed by atoms with van der Waals surface area (Å²) in [5, 5.41) is 13.4. The van der Waals surface area contributed by atoms with Gasteiger partial charge < -0.3 is 15.7 Å². The molecule has 1 aromatic rings. The van der Waals surface area contributed by atoms with Crippen LogP contribution in [0.25, 0.3) is 0 Å². The van der Waals surface area contributed by atoms with E-state index in [1.54, 1.807) is 6.07 Å². The summed E-state index contributed by atoms with van der Waals surface area (Å²) in [5.74, 6) is -0.912. The van der Waals surface area contributed by atoms with Gasteiger partial charge in [-0.3, -0.25) is 9.59 Å². The third kappa shape index (κ3) is 4.54. The monoisotopic (exact) mass is 300 g/mol. The average molecular weight is 301 g/mol. The molecule has 0 saturated heterocycles. The molecule has 0 aliphatic carbocycles. The molecule has 17 heavy (non-hydrogen) atoms. The van der Waals surface area contributed by atoms with Crippen molar-refractivity contribution in [2.75, 3.05) is 18.5 Å². The Balaban J connectivity index is 2.53. The molecular formula is C11H13BrN2O3. The highest BCUT2D eigenvalue weighted by atomic mass is 79.9. The Kier molecular flexibility index (Phi) is 5.11. The Morgan fingerprint density at radius 1 is 1.35 bits per heavy atom. The van der Waals surface area contributed by atoms with Crippen molar-refractivity contribution < 1.29 is 14.7 Å². The normalized spacial score (nSPS) is 9.82. The van der Waals surface area contributed by atoms with Gasteiger partial charge in [0.25, 0.3) is 0 Å². The fourth-order valence-corrected chi connectivity index (χ4v) is 1.67. The maximum Gasteiger partial charge on any atom is 0.246 e. The molecule has 2 amide bonds. The van der Waals surface area contributed by atoms with Gasteiger partial charge >= 0.3 is 0 Å². The highest BCUT2D eigenvalue weighted by Crippen LogP contribution is 2.19. The number of amides is 2. The summed E-state index contributed by atoms with van der Waals surface area (Å²) in [6, 6.07) is 5.46. The smallest absolute Gasteiger partial charge is 0.246 e. The van der Waals surface area contributed by atoms with Crippen molar-refractivity contribution in [3.63, 3.8) is 0 Å². The van der Waals surface area contributed by atoms with Crippen LogP contribution in [0.3, 0.4) is 0 Å². The van der Waals surface area contributed by atoms with E-state index >= 15 is 0 Å². The second-order valence-electron chi connectivity index (χ2n) is 3.44. The summed E-state index contributed by atoms with van der Waals surface area (Å²) >= 11 is 3.32. The molecule has 0 atom stereocenters. The Bertz CT molecular complexity index is 435. The number of aliphatic hydroxyl groups is 1. The van der Waals surface area contributed by atoms with Gasteiger partial charge in [-0.25, -0.2) is 0 Å². The molecule has 1 aromatic carbocycles. The van der Waals surface area contributed by atoms with Gasteiger partial charge in [0.05, 0.1) is 6.54 Å². The third-order valence-corrected chi connectivity index (χ3v) is 2.55. The quantitative estimate of drug-likeness (QED) is 0.770. The SMILES string of the molecule is Cc1cc(Br)ccc1NC(=O)CNC(=O)CO. The molecule has 0 radical (unpaired) electrons. The lowest BCUT2D eigenvalue weighted by molar-refractivity contribution is -0.126. The first kappa shape index (κ1) is 13.7. The number of anilines is 1. The number of benzene rings is 1. The van der Waals surface area contributed by atoms with Gasteiger partial charge in [0.15, 0.2) is 0 Å². The Labute approximate surface area is 107 Å². The van der Waals surface area contributed by atoms with Gasteiger partial charge in [0, 0.05) is 10.2 Å². The first-order chi connectivity index (χ1) is 8.02. The van der Waals surface area contributed by atoms with Crippen LogP contribution in [0.2, 0.25) is 0 Å². The maximum atomic E-state index is 11.5. The van der Waals surface area contributed by atoms with Gasteiger partial charge in [0.1, 0.15) is 6.61 Å². The molecule has 3 N–H and O–H groups in total. The minimum Gasteiger partial charge on any atom is -0.387 e. The van der Waals surface area contributed by atoms with Crippen LogP contribution in [0, 0.1) is 6.92 Å². The number of hydrogen-bond acceptors (Lipinski definition) is 3. The van der Waals surface area contributed by atoms with Crippen molar-refractivity contribution in [1.29, 1.82) is 0 Å². The number of hydrogen-bond donors (Lipinski definition) is 3. The summed E-state index contributed by atoms with van der Waals surface area (Å²) in [5.41, 5.74) is 1.61. The summed E-state index contributed by atoms with van der Waals surface area (Å²) in [4.78, 5) is 22.2. The number of aryl methyl sites for hydroxylation is 1. The van der Waals surface area contributed by atoms with E-state index in [9.17, 15) is 9.59 Å². The third-order valence-electron chi connectivity index (χ3n) is 2.05. The Morgan fingerprint density at radius 3 is 2.65 bits per heavy atom. The first-order valence-corrected chi connectivity index (χ1v) is 5.76. The fourth-order valence-electron chi connectivity index (χ4n) is 1.20. The van der Waals surface area contributed by atoms with Crippen molar-refractivity contribution in [3.8, 4) is 0 Å². The van der Waals surface area contributed by atoms with E-state index in [4.69, 9.17) is 5.11 Å². The van der Waals surface area contributed by atoms with Gasteiger partial charge in [-0.1, -0.05) is 15.9 Å². The van der Waals surface area contributed by atoms with Gasteiger partial charge in [-0.2, -0.15) is 0 Å². The molecule has 0 unspecified atom stereocenters. The van der Waals surface area contributed by atoms with Crippen molar-refractivity contribution >= 4 is 33.4 Å². The zero-order chi connectivity index (χ0) is 12.8. The van der Waals surface area contributed by atoms with E-state index in [-0.39, 0.29) is 12.5 Å². The van der Waals surface area contributed by atoms with E-state index in [1.165, 1.54) is 0 Å². The summed E-state index contributed by atoms with van der Waals surface area (Å²) < 4.78 is 0.932. The topological polar surface area (TPSA) is 78.4 Å². The molecular weight excluding hydrogens is 288 g/mol. The lowest BCUT2D eigenvalue weighted by Gasteiger charge is -2.09. The van der Waals surface area contributed by atoms with E-state index < -0.39 is 12.5 Å². The standard InChI is InChI=1S/C11H13BrN2O3/c1-7-4-8(12)2-3-9(7)14-10(16)5-13-11(17)6-15/h2-4,15H,5-6H2,1H3,(H,13,17)(H,14,16). The number of carbonyl (C=O) groups is 2. The second-order valence-corrected chi connectivity index (χ2v) is 4.36. The van der Waals surface area contributed by atoms with Gasteiger partial charge in [0.2, 0.25) is 11.8 Å². The van der Waals surface area contributed by atoms with Crippen LogP contribution in [0.15, 0.2) is 22.7 Å². The summed E-state index contributed by atoms with van der Waals surface area (Å²) in [7, 11) is 0. The van der Waals surface area contributed by atoms with Crippen molar-refractivity contribution in [2.45, 2.75) is 6.92 Å². The maximum absolute atomic E-state index is 11.5. The largest absolute Gasteiger partial charge is 0.387 e. The second kappa shape index (κ2) is 6.36. The fraction of sp³-hybridized carbons (Fsp3) is 0.273. The summed E-state index contributed by atoms with van der Waals surface area (Å²) in [6.07, 6.45) is 0. The van der Waals surface area contributed by atoms with E-state index in [0.29, 0.717) is 5.69 Å². The molecule has 0 spiro atoms. The van der Waals surface area contributed by atoms with Gasteiger partial charge in [-0.05, 0) is 30.7 Å². The molecule has 92 valence electrons. The zero-order valence-electron chi connectivity index (χ0n) is 9.29. The van der Waals surface area contributed by atoms with Crippen LogP contribution in [-0.4, -0.2) is 30.1 Å². The number of nitrogens with one attached hydrogen (secondary N) is 2. The number of aliphatic hydroxyl groups excluding tert-OH is 1. The van der Waals surface area contributed by atoms with Crippen LogP contribution >= 0.6 is 15.9 Å². The molecule has 0 heterocycles. The van der Waals surface area contributed by atoms with Gasteiger partial charge in [-0.15, -0.1) is 0 Å². The van der Waals surface area contributed by atoms with E-state index in [1.807, 2.05) is 19.1 Å². The number of carbonyl (C=O) groups excluding carboxylic acids is 2. The van der Waals surface area contributed by atoms with Crippen molar-refractivity contribution in [1.82, 2.24) is 5.32 Å². The number of halogens is 1. The number of rotatable bonds is 4. The minimum atomic E-state index is -0.620. The van der Waals surface area contributed by atoms with Crippen LogP contribution in [-0.2, 0) is 9.59 Å². The van der Waals surface area contributed by atoms with Crippen molar-refractivity contribution in [3.05, 3.63) is 28.2 Å². The Hall–Kier alpha value is -1.40. The molecule has 0 aliphatic heterocycles. The predicted octanol–water partition coefficient (Wildman–Crippen LogP) is 0.805. The summed E-state index contributed by atoms with van der Waals surface area (Å²) in [6.45, 7) is 1.09. The van der Waals surface area contributed by atoms with Crippen LogP contribution < -0.4 is 10.6 Å². The highest BCUT2D eigenvalue weighted by Gasteiger charge is 2.06. The molecule has 5 nitrogen and oxygen atoms in total. The molecule has 6 heteroatoms. The lowest BCUT2D eigenvalue weighted by Crippen LogP contribution is -2.34. The van der Waals surface area contributed by atoms with E-state index in [0.717, 1.165) is 10.0 Å². The van der Waals surface area contributed by atoms with Crippen molar-refractivity contribution in [2.24, 2.45) is 0 Å². The van der Waals surface area contributed by atoms with Crippen LogP contribution in [0.5, 0.6) is 0 Å². The first-order valence-electron chi connectivity index (χ1n) is 4.96. The molecule has 0 fully saturated rings. The zero-order valence-corrected chi connectivity index (χ0v) is 10.9. The van der Waals surface area contributed by atoms with Crippen LogP contribution in [0.4, 0.5) is 5.69 Å². The Morgan fingerprint density at radius 2 is 2.06 bits per heavy atom. The minimum absolute atomic E-state index is 0.158. The highest BCUT2D eigenvalue weighted by molar-refractivity contribution is 9.10. The predicted molar refractivity (Wildman–Crippen MR) is 67.6 cm³/mol. The average Bonchev–Trinajstić information content (AvgIpc) is 2.29. The molecule has 0 saturated carbocycles. The van der Waals surface area contributed by atoms with E-state index in [2.05, 4.69) is 26.6 Å². The molecule has 1 rings (SSSR count).